The van der Waals surface area contributed by atoms with E-state index in [0.717, 1.165) is 48.3 Å². The number of aromatic nitrogens is 1. The molecule has 0 saturated carbocycles. The summed E-state index contributed by atoms with van der Waals surface area (Å²) >= 11 is 0. The van der Waals surface area contributed by atoms with Crippen molar-refractivity contribution in [2.75, 3.05) is 26.2 Å². The van der Waals surface area contributed by atoms with Gasteiger partial charge in [0.1, 0.15) is 5.82 Å². The van der Waals surface area contributed by atoms with Gasteiger partial charge in [-0.05, 0) is 19.1 Å². The summed E-state index contributed by atoms with van der Waals surface area (Å²) in [6, 6.07) is 5.90. The highest BCUT2D eigenvalue weighted by molar-refractivity contribution is 5.82. The Balaban J connectivity index is 1.93. The zero-order chi connectivity index (χ0) is 13.4. The molecule has 102 valence electrons. The number of nitrogens with one attached hydrogen (secondary N) is 1. The summed E-state index contributed by atoms with van der Waals surface area (Å²) in [7, 11) is 1.98. The van der Waals surface area contributed by atoms with Crippen LogP contribution in [0, 0.1) is 12.7 Å². The zero-order valence-electron chi connectivity index (χ0n) is 11.5. The maximum atomic E-state index is 14.6. The summed E-state index contributed by atoms with van der Waals surface area (Å²) < 4.78 is 16.6. The second-order valence-electron chi connectivity index (χ2n) is 5.34. The predicted molar refractivity (Wildman–Crippen MR) is 75.8 cm³/mol. The highest BCUT2D eigenvalue weighted by Gasteiger charge is 2.15. The van der Waals surface area contributed by atoms with Gasteiger partial charge in [-0.1, -0.05) is 6.07 Å². The fourth-order valence-electron chi connectivity index (χ4n) is 2.79. The van der Waals surface area contributed by atoms with Crippen LogP contribution in [0.4, 0.5) is 4.39 Å². The molecule has 0 unspecified atom stereocenters. The van der Waals surface area contributed by atoms with E-state index >= 15 is 0 Å². The molecule has 0 spiro atoms. The van der Waals surface area contributed by atoms with Gasteiger partial charge in [0.2, 0.25) is 0 Å². The predicted octanol–water partition coefficient (Wildman–Crippen LogP) is 2.03. The second kappa shape index (κ2) is 4.94. The number of nitrogens with zero attached hydrogens (tertiary/aromatic N) is 2. The van der Waals surface area contributed by atoms with Crippen LogP contribution in [0.2, 0.25) is 0 Å². The van der Waals surface area contributed by atoms with Crippen LogP contribution >= 0.6 is 0 Å². The minimum atomic E-state index is -0.0558. The molecule has 1 aliphatic heterocycles. The summed E-state index contributed by atoms with van der Waals surface area (Å²) in [4.78, 5) is 2.30. The van der Waals surface area contributed by atoms with Crippen molar-refractivity contribution in [3.8, 4) is 0 Å². The largest absolute Gasteiger partial charge is 0.348 e. The molecule has 0 atom stereocenters. The van der Waals surface area contributed by atoms with E-state index in [4.69, 9.17) is 0 Å². The fourth-order valence-corrected chi connectivity index (χ4v) is 2.79. The Kier molecular flexibility index (Phi) is 3.29. The van der Waals surface area contributed by atoms with Crippen molar-refractivity contribution in [2.45, 2.75) is 13.5 Å². The van der Waals surface area contributed by atoms with E-state index < -0.39 is 0 Å². The maximum Gasteiger partial charge on any atom is 0.137 e. The van der Waals surface area contributed by atoms with Crippen molar-refractivity contribution in [1.82, 2.24) is 14.8 Å². The molecule has 4 heteroatoms. The molecular weight excluding hydrogens is 241 g/mol. The van der Waals surface area contributed by atoms with Gasteiger partial charge >= 0.3 is 0 Å². The van der Waals surface area contributed by atoms with Crippen LogP contribution in [-0.4, -0.2) is 35.6 Å². The first-order valence-electron chi connectivity index (χ1n) is 6.83. The number of hydrogen-bond acceptors (Lipinski definition) is 2. The standard InChI is InChI=1S/C15H20FN3/c1-11-9-13-14(18(11)2)4-3-12(15(13)16)10-19-7-5-17-6-8-19/h3-4,9,17H,5-8,10H2,1-2H3. The molecule has 0 amide bonds. The molecule has 1 aliphatic rings. The van der Waals surface area contributed by atoms with E-state index in [1.165, 1.54) is 0 Å². The highest BCUT2D eigenvalue weighted by atomic mass is 19.1. The minimum Gasteiger partial charge on any atom is -0.348 e. The number of benzene rings is 1. The number of aryl methyl sites for hydroxylation is 2. The Hall–Kier alpha value is -1.39. The lowest BCUT2D eigenvalue weighted by Gasteiger charge is -2.27. The Labute approximate surface area is 113 Å². The van der Waals surface area contributed by atoms with Gasteiger partial charge in [0.15, 0.2) is 0 Å². The molecule has 2 aromatic rings. The van der Waals surface area contributed by atoms with Crippen LogP contribution in [0.3, 0.4) is 0 Å². The van der Waals surface area contributed by atoms with Crippen LogP contribution in [0.5, 0.6) is 0 Å². The van der Waals surface area contributed by atoms with E-state index in [-0.39, 0.29) is 5.82 Å². The van der Waals surface area contributed by atoms with Crippen molar-refractivity contribution in [3.63, 3.8) is 0 Å². The molecule has 1 N–H and O–H groups in total. The molecule has 0 aliphatic carbocycles. The maximum absolute atomic E-state index is 14.6. The van der Waals surface area contributed by atoms with Crippen molar-refractivity contribution in [1.29, 1.82) is 0 Å². The molecule has 19 heavy (non-hydrogen) atoms. The normalized spacial score (nSPS) is 17.2. The van der Waals surface area contributed by atoms with E-state index in [9.17, 15) is 4.39 Å². The summed E-state index contributed by atoms with van der Waals surface area (Å²) in [6.45, 7) is 6.69. The average Bonchev–Trinajstić information content (AvgIpc) is 2.71. The molecule has 1 aromatic carbocycles. The number of rotatable bonds is 2. The van der Waals surface area contributed by atoms with Gasteiger partial charge in [-0.2, -0.15) is 0 Å². The SMILES string of the molecule is Cc1cc2c(F)c(CN3CCNCC3)ccc2n1C. The zero-order valence-corrected chi connectivity index (χ0v) is 11.5. The molecule has 1 fully saturated rings. The number of halogens is 1. The summed E-state index contributed by atoms with van der Waals surface area (Å²) in [6.07, 6.45) is 0. The van der Waals surface area contributed by atoms with Crippen LogP contribution < -0.4 is 5.32 Å². The first-order valence-corrected chi connectivity index (χ1v) is 6.83. The van der Waals surface area contributed by atoms with E-state index in [1.807, 2.05) is 36.7 Å². The second-order valence-corrected chi connectivity index (χ2v) is 5.34. The van der Waals surface area contributed by atoms with E-state index in [2.05, 4.69) is 10.2 Å². The quantitative estimate of drug-likeness (QED) is 0.892. The summed E-state index contributed by atoms with van der Waals surface area (Å²) in [5.74, 6) is -0.0558. The molecule has 0 bridgehead atoms. The molecular formula is C15H20FN3. The number of hydrogen-bond donors (Lipinski definition) is 1. The topological polar surface area (TPSA) is 20.2 Å². The van der Waals surface area contributed by atoms with Gasteiger partial charge in [0.05, 0.1) is 5.52 Å². The summed E-state index contributed by atoms with van der Waals surface area (Å²) in [5.41, 5.74) is 2.87. The first kappa shape index (κ1) is 12.6. The van der Waals surface area contributed by atoms with Crippen LogP contribution in [0.1, 0.15) is 11.3 Å². The smallest absolute Gasteiger partial charge is 0.137 e. The van der Waals surface area contributed by atoms with Crippen LogP contribution in [0.25, 0.3) is 10.9 Å². The van der Waals surface area contributed by atoms with Crippen molar-refractivity contribution >= 4 is 10.9 Å². The van der Waals surface area contributed by atoms with Crippen molar-refractivity contribution < 1.29 is 4.39 Å². The molecule has 1 saturated heterocycles. The third kappa shape index (κ3) is 2.26. The molecule has 1 aromatic heterocycles. The number of fused-ring (bicyclic) bond motifs is 1. The fraction of sp³-hybridized carbons (Fsp3) is 0.467. The lowest BCUT2D eigenvalue weighted by Crippen LogP contribution is -2.43. The Morgan fingerprint density at radius 1 is 1.26 bits per heavy atom. The minimum absolute atomic E-state index is 0.0558. The lowest BCUT2D eigenvalue weighted by molar-refractivity contribution is 0.230. The highest BCUT2D eigenvalue weighted by Crippen LogP contribution is 2.25. The van der Waals surface area contributed by atoms with Crippen molar-refractivity contribution in [3.05, 3.63) is 35.3 Å². The van der Waals surface area contributed by atoms with Gasteiger partial charge in [-0.3, -0.25) is 4.90 Å². The van der Waals surface area contributed by atoms with Crippen LogP contribution in [0.15, 0.2) is 18.2 Å². The summed E-state index contributed by atoms with van der Waals surface area (Å²) in [5, 5.41) is 4.06. The van der Waals surface area contributed by atoms with Crippen LogP contribution in [-0.2, 0) is 13.6 Å². The van der Waals surface area contributed by atoms with Gasteiger partial charge in [-0.25, -0.2) is 4.39 Å². The Morgan fingerprint density at radius 3 is 2.74 bits per heavy atom. The Morgan fingerprint density at radius 2 is 2.00 bits per heavy atom. The first-order chi connectivity index (χ1) is 9.16. The van der Waals surface area contributed by atoms with Gasteiger partial charge in [0.25, 0.3) is 0 Å². The van der Waals surface area contributed by atoms with E-state index in [0.29, 0.717) is 6.54 Å². The Bertz CT molecular complexity index is 597. The average molecular weight is 261 g/mol. The van der Waals surface area contributed by atoms with Gasteiger partial charge < -0.3 is 9.88 Å². The third-order valence-electron chi connectivity index (χ3n) is 4.08. The monoisotopic (exact) mass is 261 g/mol. The molecule has 2 heterocycles. The van der Waals surface area contributed by atoms with Crippen molar-refractivity contribution in [2.24, 2.45) is 7.05 Å². The van der Waals surface area contributed by atoms with E-state index in [1.54, 1.807) is 0 Å². The molecule has 3 rings (SSSR count). The van der Waals surface area contributed by atoms with Gasteiger partial charge in [0, 0.05) is 56.4 Å². The van der Waals surface area contributed by atoms with Gasteiger partial charge in [-0.15, -0.1) is 0 Å². The molecule has 0 radical (unpaired) electrons. The third-order valence-corrected chi connectivity index (χ3v) is 4.08. The number of piperazine rings is 1. The lowest BCUT2D eigenvalue weighted by atomic mass is 10.1. The molecule has 3 nitrogen and oxygen atoms in total.